The predicted molar refractivity (Wildman–Crippen MR) is 137 cm³/mol. The Morgan fingerprint density at radius 3 is 2.57 bits per heavy atom. The summed E-state index contributed by atoms with van der Waals surface area (Å²) >= 11 is 12.0. The number of anilines is 1. The van der Waals surface area contributed by atoms with Crippen molar-refractivity contribution in [2.24, 2.45) is 5.10 Å². The van der Waals surface area contributed by atoms with Crippen molar-refractivity contribution in [3.05, 3.63) is 81.8 Å². The molecule has 1 aliphatic heterocycles. The molecule has 12 heteroatoms. The molecule has 3 aromatic carbocycles. The number of nitrogens with one attached hydrogen (secondary N) is 3. The standard InChI is InChI=1S/C25H20Cl2N4O6/c26-18-2-1-3-19(23(18)27)30-22(32)13-35-17-7-4-15(5-8-17)12-29-31-25(34)24(33)28-11-16-6-9-20-21(10-16)37-14-36-20/h1-10,12H,11,13-14H2,(H,28,33)(H,30,32)(H,31,34)/b29-12-. The number of hydrazone groups is 1. The van der Waals surface area contributed by atoms with Gasteiger partial charge in [0.2, 0.25) is 6.79 Å². The predicted octanol–water partition coefficient (Wildman–Crippen LogP) is 3.51. The minimum absolute atomic E-state index is 0.137. The molecular weight excluding hydrogens is 523 g/mol. The first kappa shape index (κ1) is 25.8. The summed E-state index contributed by atoms with van der Waals surface area (Å²) in [5, 5.41) is 9.49. The molecule has 3 aromatic rings. The topological polar surface area (TPSA) is 127 Å². The number of rotatable bonds is 8. The van der Waals surface area contributed by atoms with E-state index in [9.17, 15) is 14.4 Å². The normalized spacial score (nSPS) is 11.7. The van der Waals surface area contributed by atoms with Crippen molar-refractivity contribution >= 4 is 52.8 Å². The zero-order valence-corrected chi connectivity index (χ0v) is 20.6. The van der Waals surface area contributed by atoms with Crippen LogP contribution in [0, 0.1) is 0 Å². The summed E-state index contributed by atoms with van der Waals surface area (Å²) in [4.78, 5) is 36.1. The Labute approximate surface area is 221 Å². The van der Waals surface area contributed by atoms with E-state index in [0.717, 1.165) is 5.56 Å². The highest BCUT2D eigenvalue weighted by molar-refractivity contribution is 6.44. The minimum atomic E-state index is -0.914. The first-order valence-electron chi connectivity index (χ1n) is 10.9. The SMILES string of the molecule is O=C(COc1ccc(/C=N\NC(=O)C(=O)NCc2ccc3c(c2)OCO3)cc1)Nc1cccc(Cl)c1Cl. The van der Waals surface area contributed by atoms with Gasteiger partial charge in [-0.3, -0.25) is 14.4 Å². The summed E-state index contributed by atoms with van der Waals surface area (Å²) in [7, 11) is 0. The van der Waals surface area contributed by atoms with Crippen LogP contribution in [0.15, 0.2) is 65.8 Å². The Balaban J connectivity index is 1.18. The Bertz CT molecular complexity index is 1350. The molecule has 190 valence electrons. The third-order valence-electron chi connectivity index (χ3n) is 4.95. The van der Waals surface area contributed by atoms with Gasteiger partial charge in [-0.05, 0) is 59.7 Å². The Morgan fingerprint density at radius 2 is 1.76 bits per heavy atom. The maximum Gasteiger partial charge on any atom is 0.329 e. The molecule has 0 spiro atoms. The van der Waals surface area contributed by atoms with Crippen LogP contribution in [0.3, 0.4) is 0 Å². The van der Waals surface area contributed by atoms with Crippen LogP contribution in [0.1, 0.15) is 11.1 Å². The first-order chi connectivity index (χ1) is 17.9. The third-order valence-corrected chi connectivity index (χ3v) is 5.77. The summed E-state index contributed by atoms with van der Waals surface area (Å²) < 4.78 is 16.0. The van der Waals surface area contributed by atoms with E-state index >= 15 is 0 Å². The van der Waals surface area contributed by atoms with E-state index < -0.39 is 17.7 Å². The first-order valence-corrected chi connectivity index (χ1v) is 11.6. The van der Waals surface area contributed by atoms with Gasteiger partial charge in [-0.25, -0.2) is 5.43 Å². The van der Waals surface area contributed by atoms with Gasteiger partial charge in [0, 0.05) is 6.54 Å². The number of halogens is 2. The van der Waals surface area contributed by atoms with Gasteiger partial charge in [0.1, 0.15) is 5.75 Å². The number of fused-ring (bicyclic) bond motifs is 1. The van der Waals surface area contributed by atoms with E-state index in [2.05, 4.69) is 21.2 Å². The van der Waals surface area contributed by atoms with Crippen LogP contribution in [0.4, 0.5) is 5.69 Å². The smallest absolute Gasteiger partial charge is 0.329 e. The lowest BCUT2D eigenvalue weighted by Crippen LogP contribution is -2.37. The maximum absolute atomic E-state index is 12.1. The van der Waals surface area contributed by atoms with Crippen LogP contribution in [0.25, 0.3) is 0 Å². The molecule has 0 saturated heterocycles. The molecule has 0 aromatic heterocycles. The Hall–Kier alpha value is -4.28. The lowest BCUT2D eigenvalue weighted by Gasteiger charge is -2.09. The van der Waals surface area contributed by atoms with E-state index in [-0.39, 0.29) is 25.0 Å². The molecule has 10 nitrogen and oxygen atoms in total. The van der Waals surface area contributed by atoms with Crippen molar-refractivity contribution < 1.29 is 28.6 Å². The number of nitrogens with zero attached hydrogens (tertiary/aromatic N) is 1. The molecule has 0 radical (unpaired) electrons. The molecule has 0 atom stereocenters. The Morgan fingerprint density at radius 1 is 0.973 bits per heavy atom. The minimum Gasteiger partial charge on any atom is -0.484 e. The van der Waals surface area contributed by atoms with E-state index in [1.807, 2.05) is 0 Å². The molecule has 4 rings (SSSR count). The molecule has 0 aliphatic carbocycles. The van der Waals surface area contributed by atoms with Gasteiger partial charge in [0.25, 0.3) is 5.91 Å². The number of benzene rings is 3. The second-order valence-electron chi connectivity index (χ2n) is 7.58. The highest BCUT2D eigenvalue weighted by Gasteiger charge is 2.15. The van der Waals surface area contributed by atoms with Crippen LogP contribution >= 0.6 is 23.2 Å². The van der Waals surface area contributed by atoms with Gasteiger partial charge in [0.15, 0.2) is 18.1 Å². The summed E-state index contributed by atoms with van der Waals surface area (Å²) in [6, 6.07) is 16.7. The highest BCUT2D eigenvalue weighted by atomic mass is 35.5. The zero-order chi connectivity index (χ0) is 26.2. The fourth-order valence-corrected chi connectivity index (χ4v) is 3.46. The molecule has 37 heavy (non-hydrogen) atoms. The molecule has 0 saturated carbocycles. The third kappa shape index (κ3) is 7.12. The molecule has 1 aliphatic rings. The van der Waals surface area contributed by atoms with Crippen molar-refractivity contribution in [1.82, 2.24) is 10.7 Å². The molecule has 0 fully saturated rings. The summed E-state index contributed by atoms with van der Waals surface area (Å²) in [5.41, 5.74) is 3.93. The average molecular weight is 543 g/mol. The quantitative estimate of drug-likeness (QED) is 0.227. The monoisotopic (exact) mass is 542 g/mol. The van der Waals surface area contributed by atoms with E-state index in [0.29, 0.717) is 33.5 Å². The summed E-state index contributed by atoms with van der Waals surface area (Å²) in [6.45, 7) is 0.0466. The highest BCUT2D eigenvalue weighted by Crippen LogP contribution is 2.32. The van der Waals surface area contributed by atoms with Crippen molar-refractivity contribution in [3.8, 4) is 17.2 Å². The van der Waals surface area contributed by atoms with Crippen LogP contribution in [0.5, 0.6) is 17.2 Å². The van der Waals surface area contributed by atoms with Crippen LogP contribution in [0.2, 0.25) is 10.0 Å². The van der Waals surface area contributed by atoms with E-state index in [1.54, 1.807) is 60.7 Å². The number of amides is 3. The molecule has 0 bridgehead atoms. The second-order valence-corrected chi connectivity index (χ2v) is 8.36. The molecule has 3 N–H and O–H groups in total. The molecule has 3 amide bonds. The van der Waals surface area contributed by atoms with E-state index in [1.165, 1.54) is 6.21 Å². The van der Waals surface area contributed by atoms with Gasteiger partial charge >= 0.3 is 11.8 Å². The van der Waals surface area contributed by atoms with Crippen molar-refractivity contribution in [2.45, 2.75) is 6.54 Å². The summed E-state index contributed by atoms with van der Waals surface area (Å²) in [6.07, 6.45) is 1.36. The number of carbonyl (C=O) groups is 3. The maximum atomic E-state index is 12.1. The molecule has 1 heterocycles. The Kier molecular flexibility index (Phi) is 8.44. The van der Waals surface area contributed by atoms with Crippen LogP contribution in [-0.2, 0) is 20.9 Å². The van der Waals surface area contributed by atoms with Gasteiger partial charge in [-0.1, -0.05) is 35.3 Å². The van der Waals surface area contributed by atoms with Gasteiger partial charge in [-0.15, -0.1) is 0 Å². The second kappa shape index (κ2) is 12.1. The lowest BCUT2D eigenvalue weighted by molar-refractivity contribution is -0.139. The molecule has 0 unspecified atom stereocenters. The van der Waals surface area contributed by atoms with Crippen molar-refractivity contribution in [2.75, 3.05) is 18.7 Å². The number of carbonyl (C=O) groups excluding carboxylic acids is 3. The number of ether oxygens (including phenoxy) is 3. The van der Waals surface area contributed by atoms with Crippen molar-refractivity contribution in [3.63, 3.8) is 0 Å². The van der Waals surface area contributed by atoms with Crippen molar-refractivity contribution in [1.29, 1.82) is 0 Å². The number of hydrogen-bond acceptors (Lipinski definition) is 7. The van der Waals surface area contributed by atoms with E-state index in [4.69, 9.17) is 37.4 Å². The summed E-state index contributed by atoms with van der Waals surface area (Å²) in [5.74, 6) is -0.501. The van der Waals surface area contributed by atoms with Crippen LogP contribution < -0.4 is 30.3 Å². The van der Waals surface area contributed by atoms with Gasteiger partial charge in [0.05, 0.1) is 21.9 Å². The fourth-order valence-electron chi connectivity index (χ4n) is 3.12. The van der Waals surface area contributed by atoms with Gasteiger partial charge < -0.3 is 24.8 Å². The van der Waals surface area contributed by atoms with Gasteiger partial charge in [-0.2, -0.15) is 5.10 Å². The average Bonchev–Trinajstić information content (AvgIpc) is 3.37. The lowest BCUT2D eigenvalue weighted by atomic mass is 10.2. The fraction of sp³-hybridized carbons (Fsp3) is 0.120. The van der Waals surface area contributed by atoms with Crippen LogP contribution in [-0.4, -0.2) is 37.3 Å². The zero-order valence-electron chi connectivity index (χ0n) is 19.1. The molecular formula is C25H20Cl2N4O6. The number of hydrogen-bond donors (Lipinski definition) is 3. The largest absolute Gasteiger partial charge is 0.484 e.